The van der Waals surface area contributed by atoms with Crippen LogP contribution in [0, 0.1) is 17.8 Å². The fourth-order valence-corrected chi connectivity index (χ4v) is 8.72. The molecule has 3 amide bonds. The molecule has 0 aliphatic carbocycles. The molecule has 3 fully saturated rings. The van der Waals surface area contributed by atoms with Crippen molar-refractivity contribution in [1.82, 2.24) is 10.2 Å². The van der Waals surface area contributed by atoms with Gasteiger partial charge < -0.3 is 20.6 Å². The number of benzene rings is 1. The predicted molar refractivity (Wildman–Crippen MR) is 130 cm³/mol. The highest BCUT2D eigenvalue weighted by atomic mass is 35.5. The molecule has 9 heteroatoms. The van der Waals surface area contributed by atoms with E-state index in [1.807, 2.05) is 20.8 Å². The number of halogens is 1. The fourth-order valence-electron chi connectivity index (χ4n) is 6.20. The minimum atomic E-state index is -0.802. The van der Waals surface area contributed by atoms with E-state index < -0.39 is 33.4 Å². The van der Waals surface area contributed by atoms with Crippen molar-refractivity contribution in [3.05, 3.63) is 29.3 Å². The molecular formula is C24H32ClN3O4S. The maximum absolute atomic E-state index is 14.0. The number of amides is 3. The zero-order valence-corrected chi connectivity index (χ0v) is 21.0. The Hall–Kier alpha value is -1.77. The molecule has 2 unspecified atom stereocenters. The summed E-state index contributed by atoms with van der Waals surface area (Å²) >= 11 is 7.91. The van der Waals surface area contributed by atoms with E-state index in [1.165, 1.54) is 0 Å². The molecule has 3 N–H and O–H groups in total. The topological polar surface area (TPSA) is 98.7 Å². The molecular weight excluding hydrogens is 462 g/mol. The van der Waals surface area contributed by atoms with Gasteiger partial charge in [-0.1, -0.05) is 37.6 Å². The number of thioether (sulfide) groups is 1. The van der Waals surface area contributed by atoms with Crippen molar-refractivity contribution < 1.29 is 19.5 Å². The second-order valence-electron chi connectivity index (χ2n) is 10.0. The monoisotopic (exact) mass is 493 g/mol. The number of nitrogens with zero attached hydrogens (tertiary/aromatic N) is 1. The summed E-state index contributed by atoms with van der Waals surface area (Å²) in [6, 6.07) is 5.69. The molecule has 3 aliphatic heterocycles. The van der Waals surface area contributed by atoms with Gasteiger partial charge in [0, 0.05) is 11.8 Å². The summed E-state index contributed by atoms with van der Waals surface area (Å²) in [6.45, 7) is 5.84. The van der Waals surface area contributed by atoms with E-state index in [4.69, 9.17) is 11.6 Å². The molecule has 180 valence electrons. The Balaban J connectivity index is 1.80. The first-order chi connectivity index (χ1) is 15.6. The normalized spacial score (nSPS) is 33.4. The number of likely N-dealkylation sites (tertiary alicyclic amines) is 1. The molecule has 33 heavy (non-hydrogen) atoms. The molecule has 3 aliphatic rings. The lowest BCUT2D eigenvalue weighted by Crippen LogP contribution is -2.55. The van der Waals surface area contributed by atoms with Crippen molar-refractivity contribution in [2.24, 2.45) is 17.8 Å². The summed E-state index contributed by atoms with van der Waals surface area (Å²) in [5, 5.41) is 16.3. The number of anilines is 1. The zero-order chi connectivity index (χ0) is 24.1. The molecule has 0 aromatic heterocycles. The number of rotatable bonds is 7. The molecule has 3 saturated heterocycles. The third-order valence-corrected chi connectivity index (χ3v) is 9.79. The number of carbonyl (C=O) groups is 3. The van der Waals surface area contributed by atoms with Crippen LogP contribution >= 0.6 is 23.4 Å². The average molecular weight is 494 g/mol. The van der Waals surface area contributed by atoms with Crippen LogP contribution in [-0.4, -0.2) is 63.0 Å². The van der Waals surface area contributed by atoms with Crippen LogP contribution in [0.5, 0.6) is 0 Å². The first kappa shape index (κ1) is 24.4. The average Bonchev–Trinajstić information content (AvgIpc) is 3.33. The van der Waals surface area contributed by atoms with Crippen molar-refractivity contribution in [2.45, 2.75) is 61.6 Å². The lowest BCUT2D eigenvalue weighted by Gasteiger charge is -2.37. The van der Waals surface area contributed by atoms with Gasteiger partial charge in [0.05, 0.1) is 39.9 Å². The van der Waals surface area contributed by atoms with Gasteiger partial charge in [-0.3, -0.25) is 14.4 Å². The lowest BCUT2D eigenvalue weighted by molar-refractivity contribution is -0.142. The Morgan fingerprint density at radius 2 is 1.97 bits per heavy atom. The van der Waals surface area contributed by atoms with Gasteiger partial charge in [-0.05, 0) is 44.2 Å². The van der Waals surface area contributed by atoms with Crippen molar-refractivity contribution in [3.8, 4) is 0 Å². The Morgan fingerprint density at radius 1 is 1.27 bits per heavy atom. The van der Waals surface area contributed by atoms with Crippen LogP contribution in [0.2, 0.25) is 5.02 Å². The van der Waals surface area contributed by atoms with Crippen LogP contribution < -0.4 is 10.6 Å². The standard InChI is InChI=1S/C24H32ClN3O4S/c1-13(2)11-14(12-29)28-19(21(31)27-16-8-6-5-7-15(16)25)24-10-9-23(3,33-24)17(20(30)26-4)18(24)22(28)32/h5-8,13-14,17-19,29H,9-12H2,1-4H3,(H,26,30)(H,27,31)/t14-,17-,18+,19?,23+,24?/m1/s1. The SMILES string of the molecule is CNC(=O)[C@H]1[C@H]2C(=O)N([C@@H](CO)CC(C)C)C(C(=O)Nc3ccccc3Cl)C23CC[C@]1(C)S3. The summed E-state index contributed by atoms with van der Waals surface area (Å²) in [5.74, 6) is -1.61. The van der Waals surface area contributed by atoms with E-state index in [1.54, 1.807) is 48.0 Å². The van der Waals surface area contributed by atoms with Gasteiger partial charge in [0.1, 0.15) is 6.04 Å². The Labute approximate surface area is 204 Å². The predicted octanol–water partition coefficient (Wildman–Crippen LogP) is 2.91. The number of aliphatic hydroxyl groups excluding tert-OH is 1. The Morgan fingerprint density at radius 3 is 2.58 bits per heavy atom. The number of hydrogen-bond donors (Lipinski definition) is 3. The van der Waals surface area contributed by atoms with Crippen molar-refractivity contribution >= 4 is 46.8 Å². The van der Waals surface area contributed by atoms with Crippen molar-refractivity contribution in [2.75, 3.05) is 19.0 Å². The van der Waals surface area contributed by atoms with E-state index >= 15 is 0 Å². The molecule has 1 spiro atoms. The molecule has 1 aromatic rings. The number of fused-ring (bicyclic) bond motifs is 1. The number of para-hydroxylation sites is 1. The van der Waals surface area contributed by atoms with Gasteiger partial charge in [-0.15, -0.1) is 11.8 Å². The summed E-state index contributed by atoms with van der Waals surface area (Å²) in [4.78, 5) is 42.4. The second kappa shape index (κ2) is 8.78. The first-order valence-corrected chi connectivity index (χ1v) is 12.7. The van der Waals surface area contributed by atoms with Crippen LogP contribution in [0.1, 0.15) is 40.0 Å². The van der Waals surface area contributed by atoms with Gasteiger partial charge >= 0.3 is 0 Å². The van der Waals surface area contributed by atoms with Gasteiger partial charge in [0.2, 0.25) is 17.7 Å². The molecule has 4 rings (SSSR count). The summed E-state index contributed by atoms with van der Waals surface area (Å²) in [6.07, 6.45) is 1.97. The van der Waals surface area contributed by atoms with Crippen LogP contribution in [0.3, 0.4) is 0 Å². The number of carbonyl (C=O) groups excluding carboxylic acids is 3. The van der Waals surface area contributed by atoms with Gasteiger partial charge in [-0.25, -0.2) is 0 Å². The van der Waals surface area contributed by atoms with Crippen LogP contribution in [0.4, 0.5) is 5.69 Å². The maximum atomic E-state index is 14.0. The summed E-state index contributed by atoms with van der Waals surface area (Å²) < 4.78 is -1.14. The molecule has 2 bridgehead atoms. The molecule has 1 aromatic carbocycles. The zero-order valence-electron chi connectivity index (χ0n) is 19.4. The minimum Gasteiger partial charge on any atom is -0.394 e. The van der Waals surface area contributed by atoms with E-state index in [0.29, 0.717) is 23.6 Å². The van der Waals surface area contributed by atoms with Gasteiger partial charge in [0.25, 0.3) is 0 Å². The molecule has 0 radical (unpaired) electrons. The van der Waals surface area contributed by atoms with Crippen LogP contribution in [-0.2, 0) is 14.4 Å². The highest BCUT2D eigenvalue weighted by Gasteiger charge is 2.77. The number of hydrogen-bond acceptors (Lipinski definition) is 5. The molecule has 0 saturated carbocycles. The highest BCUT2D eigenvalue weighted by molar-refractivity contribution is 8.02. The molecule has 3 heterocycles. The summed E-state index contributed by atoms with van der Waals surface area (Å²) in [5.41, 5.74) is 0.479. The van der Waals surface area contributed by atoms with Gasteiger partial charge in [0.15, 0.2) is 0 Å². The maximum Gasteiger partial charge on any atom is 0.248 e. The summed E-state index contributed by atoms with van der Waals surface area (Å²) in [7, 11) is 1.59. The van der Waals surface area contributed by atoms with E-state index in [0.717, 1.165) is 6.42 Å². The highest BCUT2D eigenvalue weighted by Crippen LogP contribution is 2.71. The van der Waals surface area contributed by atoms with Crippen LogP contribution in [0.25, 0.3) is 0 Å². The van der Waals surface area contributed by atoms with E-state index in [9.17, 15) is 19.5 Å². The lowest BCUT2D eigenvalue weighted by atomic mass is 9.66. The van der Waals surface area contributed by atoms with Gasteiger partial charge in [-0.2, -0.15) is 0 Å². The van der Waals surface area contributed by atoms with E-state index in [2.05, 4.69) is 10.6 Å². The van der Waals surface area contributed by atoms with Crippen molar-refractivity contribution in [3.63, 3.8) is 0 Å². The largest absolute Gasteiger partial charge is 0.394 e. The van der Waals surface area contributed by atoms with Crippen LogP contribution in [0.15, 0.2) is 24.3 Å². The smallest absolute Gasteiger partial charge is 0.248 e. The third kappa shape index (κ3) is 3.74. The minimum absolute atomic E-state index is 0.165. The quantitative estimate of drug-likeness (QED) is 0.542. The number of nitrogens with one attached hydrogen (secondary N) is 2. The fraction of sp³-hybridized carbons (Fsp3) is 0.625. The first-order valence-electron chi connectivity index (χ1n) is 11.5. The Kier molecular flexibility index (Phi) is 6.48. The van der Waals surface area contributed by atoms with Crippen molar-refractivity contribution in [1.29, 1.82) is 0 Å². The number of aliphatic hydroxyl groups is 1. The second-order valence-corrected chi connectivity index (χ2v) is 12.3. The molecule has 7 nitrogen and oxygen atoms in total. The van der Waals surface area contributed by atoms with E-state index in [-0.39, 0.29) is 30.2 Å². The Bertz CT molecular complexity index is 975. The molecule has 6 atom stereocenters. The third-order valence-electron chi connectivity index (χ3n) is 7.47.